The third kappa shape index (κ3) is 4.72. The third-order valence-corrected chi connectivity index (χ3v) is 3.74. The first-order valence-electron chi connectivity index (χ1n) is 6.92. The van der Waals surface area contributed by atoms with Gasteiger partial charge in [-0.2, -0.15) is 0 Å². The number of hydrogen-bond acceptors (Lipinski definition) is 2. The molecule has 2 rings (SSSR count). The maximum atomic E-state index is 13.5. The molecule has 0 radical (unpaired) electrons. The summed E-state index contributed by atoms with van der Waals surface area (Å²) in [5.74, 6) is -2.31. The van der Waals surface area contributed by atoms with E-state index in [1.807, 2.05) is 0 Å². The number of anilines is 1. The minimum atomic E-state index is -0.902. The number of carbonyl (C=O) groups is 1. The molecule has 0 spiro atoms. The van der Waals surface area contributed by atoms with Crippen molar-refractivity contribution < 1.29 is 18.3 Å². The van der Waals surface area contributed by atoms with E-state index in [1.165, 1.54) is 0 Å². The van der Waals surface area contributed by atoms with E-state index in [4.69, 9.17) is 23.2 Å². The molecular formula is C16H14Cl2F2N2O2. The van der Waals surface area contributed by atoms with Gasteiger partial charge < -0.3 is 15.4 Å². The Bertz CT molecular complexity index is 734. The Morgan fingerprint density at radius 3 is 2.42 bits per heavy atom. The van der Waals surface area contributed by atoms with Crippen LogP contribution in [0.4, 0.5) is 19.3 Å². The molecule has 0 fully saturated rings. The third-order valence-electron chi connectivity index (χ3n) is 3.16. The largest absolute Gasteiger partial charge is 0.491 e. The molecule has 8 heteroatoms. The predicted octanol–water partition coefficient (Wildman–Crippen LogP) is 4.64. The standard InChI is InChI=1S/C16H14Cl2F2N2O2/c1-24-15-13(19)7-11(8-14(15)20)22-16(23)21-5-4-9-2-3-10(17)6-12(9)18/h2-3,6-8H,4-5H2,1H3,(H2,21,22,23). The van der Waals surface area contributed by atoms with Crippen LogP contribution in [0, 0.1) is 11.6 Å². The highest BCUT2D eigenvalue weighted by Gasteiger charge is 2.13. The summed E-state index contributed by atoms with van der Waals surface area (Å²) in [6.45, 7) is 0.286. The number of nitrogens with one attached hydrogen (secondary N) is 2. The van der Waals surface area contributed by atoms with Crippen molar-refractivity contribution in [3.63, 3.8) is 0 Å². The van der Waals surface area contributed by atoms with Gasteiger partial charge in [0.15, 0.2) is 17.4 Å². The van der Waals surface area contributed by atoms with Crippen molar-refractivity contribution in [2.45, 2.75) is 6.42 Å². The molecular weight excluding hydrogens is 361 g/mol. The van der Waals surface area contributed by atoms with Gasteiger partial charge in [0.25, 0.3) is 0 Å². The van der Waals surface area contributed by atoms with Gasteiger partial charge in [-0.25, -0.2) is 13.6 Å². The van der Waals surface area contributed by atoms with Crippen molar-refractivity contribution in [1.82, 2.24) is 5.32 Å². The van der Waals surface area contributed by atoms with E-state index in [9.17, 15) is 13.6 Å². The molecule has 0 atom stereocenters. The zero-order valence-electron chi connectivity index (χ0n) is 12.6. The number of ether oxygens (including phenoxy) is 1. The van der Waals surface area contributed by atoms with Gasteiger partial charge in [-0.3, -0.25) is 0 Å². The van der Waals surface area contributed by atoms with Crippen molar-refractivity contribution in [3.05, 3.63) is 57.6 Å². The Labute approximate surface area is 147 Å². The molecule has 0 unspecified atom stereocenters. The van der Waals surface area contributed by atoms with E-state index in [-0.39, 0.29) is 12.2 Å². The number of amides is 2. The van der Waals surface area contributed by atoms with Gasteiger partial charge in [-0.05, 0) is 24.1 Å². The SMILES string of the molecule is COc1c(F)cc(NC(=O)NCCc2ccc(Cl)cc2Cl)cc1F. The molecule has 4 nitrogen and oxygen atoms in total. The average Bonchev–Trinajstić information content (AvgIpc) is 2.49. The van der Waals surface area contributed by atoms with Crippen LogP contribution >= 0.6 is 23.2 Å². The van der Waals surface area contributed by atoms with E-state index in [1.54, 1.807) is 18.2 Å². The molecule has 0 saturated carbocycles. The Morgan fingerprint density at radius 2 is 1.83 bits per heavy atom. The number of hydrogen-bond donors (Lipinski definition) is 2. The smallest absolute Gasteiger partial charge is 0.319 e. The fourth-order valence-electron chi connectivity index (χ4n) is 2.04. The molecule has 0 aliphatic rings. The van der Waals surface area contributed by atoms with Crippen LogP contribution in [0.3, 0.4) is 0 Å². The minimum Gasteiger partial charge on any atom is -0.491 e. The number of methoxy groups -OCH3 is 1. The Morgan fingerprint density at radius 1 is 1.17 bits per heavy atom. The highest BCUT2D eigenvalue weighted by molar-refractivity contribution is 6.35. The average molecular weight is 375 g/mol. The van der Waals surface area contributed by atoms with Crippen molar-refractivity contribution in [2.75, 3.05) is 19.0 Å². The first kappa shape index (κ1) is 18.3. The molecule has 0 saturated heterocycles. The monoisotopic (exact) mass is 374 g/mol. The maximum Gasteiger partial charge on any atom is 0.319 e. The van der Waals surface area contributed by atoms with E-state index in [0.717, 1.165) is 24.8 Å². The highest BCUT2D eigenvalue weighted by Crippen LogP contribution is 2.25. The van der Waals surface area contributed by atoms with Crippen molar-refractivity contribution in [2.24, 2.45) is 0 Å². The van der Waals surface area contributed by atoms with Crippen LogP contribution in [0.2, 0.25) is 10.0 Å². The van der Waals surface area contributed by atoms with Gasteiger partial charge >= 0.3 is 6.03 Å². The number of urea groups is 1. The molecule has 0 heterocycles. The van der Waals surface area contributed by atoms with E-state index >= 15 is 0 Å². The minimum absolute atomic E-state index is 0.0205. The molecule has 0 aromatic heterocycles. The Hall–Kier alpha value is -2.05. The van der Waals surface area contributed by atoms with Gasteiger partial charge in [-0.1, -0.05) is 29.3 Å². The number of rotatable bonds is 5. The lowest BCUT2D eigenvalue weighted by atomic mass is 10.1. The van der Waals surface area contributed by atoms with Crippen LogP contribution < -0.4 is 15.4 Å². The molecule has 0 aliphatic heterocycles. The topological polar surface area (TPSA) is 50.4 Å². The van der Waals surface area contributed by atoms with Crippen molar-refractivity contribution in [3.8, 4) is 5.75 Å². The second-order valence-corrected chi connectivity index (χ2v) is 5.68. The zero-order valence-corrected chi connectivity index (χ0v) is 14.1. The Kier molecular flexibility index (Phi) is 6.23. The number of benzene rings is 2. The lowest BCUT2D eigenvalue weighted by molar-refractivity contribution is 0.252. The van der Waals surface area contributed by atoms with Crippen LogP contribution in [0.1, 0.15) is 5.56 Å². The van der Waals surface area contributed by atoms with Gasteiger partial charge in [0.05, 0.1) is 7.11 Å². The van der Waals surface area contributed by atoms with Crippen LogP contribution in [0.5, 0.6) is 5.75 Å². The molecule has 2 amide bonds. The van der Waals surface area contributed by atoms with Crippen molar-refractivity contribution >= 4 is 34.9 Å². The quantitative estimate of drug-likeness (QED) is 0.800. The zero-order chi connectivity index (χ0) is 17.7. The summed E-state index contributed by atoms with van der Waals surface area (Å²) in [6, 6.07) is 6.42. The summed E-state index contributed by atoms with van der Waals surface area (Å²) in [6.07, 6.45) is 0.481. The normalized spacial score (nSPS) is 10.4. The van der Waals surface area contributed by atoms with Gasteiger partial charge in [-0.15, -0.1) is 0 Å². The van der Waals surface area contributed by atoms with E-state index in [2.05, 4.69) is 15.4 Å². The van der Waals surface area contributed by atoms with E-state index < -0.39 is 23.4 Å². The molecule has 2 aromatic rings. The highest BCUT2D eigenvalue weighted by atomic mass is 35.5. The van der Waals surface area contributed by atoms with E-state index in [0.29, 0.717) is 16.5 Å². The second-order valence-electron chi connectivity index (χ2n) is 4.84. The van der Waals surface area contributed by atoms with Crippen LogP contribution in [0.25, 0.3) is 0 Å². The fraction of sp³-hybridized carbons (Fsp3) is 0.188. The Balaban J connectivity index is 1.89. The predicted molar refractivity (Wildman–Crippen MR) is 90.1 cm³/mol. The maximum absolute atomic E-state index is 13.5. The lowest BCUT2D eigenvalue weighted by Crippen LogP contribution is -2.30. The second kappa shape index (κ2) is 8.17. The summed E-state index contributed by atoms with van der Waals surface area (Å²) in [5.41, 5.74) is 0.802. The van der Waals surface area contributed by atoms with Crippen LogP contribution in [-0.4, -0.2) is 19.7 Å². The summed E-state index contributed by atoms with van der Waals surface area (Å²) < 4.78 is 31.7. The van der Waals surface area contributed by atoms with Gasteiger partial charge in [0, 0.05) is 34.4 Å². The van der Waals surface area contributed by atoms with Crippen molar-refractivity contribution in [1.29, 1.82) is 0 Å². The lowest BCUT2D eigenvalue weighted by Gasteiger charge is -2.10. The van der Waals surface area contributed by atoms with Crippen LogP contribution in [-0.2, 0) is 6.42 Å². The fourth-order valence-corrected chi connectivity index (χ4v) is 2.54. The molecule has 2 N–H and O–H groups in total. The molecule has 128 valence electrons. The molecule has 2 aromatic carbocycles. The van der Waals surface area contributed by atoms with Gasteiger partial charge in [0.1, 0.15) is 0 Å². The van der Waals surface area contributed by atoms with Gasteiger partial charge in [0.2, 0.25) is 0 Å². The number of halogens is 4. The first-order chi connectivity index (χ1) is 11.4. The van der Waals surface area contributed by atoms with Crippen LogP contribution in [0.15, 0.2) is 30.3 Å². The molecule has 0 aliphatic carbocycles. The molecule has 24 heavy (non-hydrogen) atoms. The first-order valence-corrected chi connectivity index (χ1v) is 7.68. The molecule has 0 bridgehead atoms. The number of carbonyl (C=O) groups excluding carboxylic acids is 1. The summed E-state index contributed by atoms with van der Waals surface area (Å²) in [4.78, 5) is 11.8. The summed E-state index contributed by atoms with van der Waals surface area (Å²) >= 11 is 11.8. The summed E-state index contributed by atoms with van der Waals surface area (Å²) in [5, 5.41) is 5.95. The summed E-state index contributed by atoms with van der Waals surface area (Å²) in [7, 11) is 1.16.